The largest absolute Gasteiger partial charge is 0.466 e. The van der Waals surface area contributed by atoms with Crippen molar-refractivity contribution in [1.82, 2.24) is 0 Å². The molecule has 0 saturated carbocycles. The van der Waals surface area contributed by atoms with Crippen LogP contribution in [0.1, 0.15) is 296 Å². The van der Waals surface area contributed by atoms with Gasteiger partial charge in [0.2, 0.25) is 0 Å². The molecule has 52 heavy (non-hydrogen) atoms. The highest BCUT2D eigenvalue weighted by Crippen LogP contribution is 2.17. The molecule has 2 heteroatoms. The molecule has 0 fully saturated rings. The first kappa shape index (κ1) is 51.2. The normalized spacial score (nSPS) is 11.7. The van der Waals surface area contributed by atoms with E-state index < -0.39 is 0 Å². The van der Waals surface area contributed by atoms with Gasteiger partial charge in [-0.1, -0.05) is 264 Å². The fourth-order valence-corrected chi connectivity index (χ4v) is 7.72. The van der Waals surface area contributed by atoms with Crippen LogP contribution < -0.4 is 0 Å². The third-order valence-electron chi connectivity index (χ3n) is 11.4. The van der Waals surface area contributed by atoms with E-state index in [0.29, 0.717) is 13.0 Å². The van der Waals surface area contributed by atoms with Crippen LogP contribution in [0.25, 0.3) is 0 Å². The number of carbonyl (C=O) groups excluding carboxylic acids is 1. The Morgan fingerprint density at radius 2 is 0.538 bits per heavy atom. The molecule has 0 N–H and O–H groups in total. The second-order valence-electron chi connectivity index (χ2n) is 16.8. The Morgan fingerprint density at radius 3 is 0.827 bits per heavy atom. The number of ether oxygens (including phenoxy) is 1. The summed E-state index contributed by atoms with van der Waals surface area (Å²) in [5.41, 5.74) is 0. The van der Waals surface area contributed by atoms with Gasteiger partial charge in [-0.15, -0.1) is 0 Å². The summed E-state index contributed by atoms with van der Waals surface area (Å²) < 4.78 is 5.48. The highest BCUT2D eigenvalue weighted by molar-refractivity contribution is 5.69. The number of esters is 1. The maximum Gasteiger partial charge on any atom is 0.305 e. The lowest BCUT2D eigenvalue weighted by Gasteiger charge is -2.06. The van der Waals surface area contributed by atoms with E-state index in [9.17, 15) is 4.79 Å². The van der Waals surface area contributed by atoms with Gasteiger partial charge in [0.25, 0.3) is 0 Å². The van der Waals surface area contributed by atoms with Gasteiger partial charge < -0.3 is 4.74 Å². The second kappa shape index (κ2) is 48.2. The summed E-state index contributed by atoms with van der Waals surface area (Å²) in [5.74, 6) is 0.0257. The fraction of sp³-hybridized carbons (Fsp3) is 0.940. The minimum atomic E-state index is 0.0257. The number of rotatable bonds is 46. The van der Waals surface area contributed by atoms with Crippen LogP contribution in [0, 0.1) is 0 Å². The molecule has 0 heterocycles. The van der Waals surface area contributed by atoms with E-state index in [1.54, 1.807) is 0 Å². The molecule has 0 aromatic heterocycles. The van der Waals surface area contributed by atoms with Crippen molar-refractivity contribution >= 4 is 5.97 Å². The third kappa shape index (κ3) is 47.2. The van der Waals surface area contributed by atoms with Gasteiger partial charge >= 0.3 is 5.97 Å². The lowest BCUT2D eigenvalue weighted by Crippen LogP contribution is -2.05. The van der Waals surface area contributed by atoms with Gasteiger partial charge in [-0.2, -0.15) is 0 Å². The van der Waals surface area contributed by atoms with E-state index in [1.807, 2.05) is 0 Å². The van der Waals surface area contributed by atoms with E-state index in [-0.39, 0.29) is 5.97 Å². The Hall–Kier alpha value is -0.790. The molecule has 310 valence electrons. The van der Waals surface area contributed by atoms with Gasteiger partial charge in [0.05, 0.1) is 6.61 Å². The molecule has 0 aromatic carbocycles. The fourth-order valence-electron chi connectivity index (χ4n) is 7.72. The van der Waals surface area contributed by atoms with Gasteiger partial charge in [-0.3, -0.25) is 4.79 Å². The maximum absolute atomic E-state index is 12.0. The van der Waals surface area contributed by atoms with Crippen LogP contribution in [-0.2, 0) is 9.53 Å². The van der Waals surface area contributed by atoms with E-state index in [4.69, 9.17) is 4.74 Å². The van der Waals surface area contributed by atoms with E-state index in [2.05, 4.69) is 26.0 Å². The molecule has 0 aliphatic heterocycles. The zero-order valence-electron chi connectivity index (χ0n) is 36.3. The summed E-state index contributed by atoms with van der Waals surface area (Å²) in [6.07, 6.45) is 64.9. The Balaban J connectivity index is 3.16. The van der Waals surface area contributed by atoms with E-state index >= 15 is 0 Å². The molecule has 0 radical (unpaired) electrons. The van der Waals surface area contributed by atoms with Gasteiger partial charge in [-0.25, -0.2) is 0 Å². The van der Waals surface area contributed by atoms with Crippen LogP contribution in [0.5, 0.6) is 0 Å². The molecule has 0 bridgehead atoms. The summed E-state index contributed by atoms with van der Waals surface area (Å²) in [5, 5.41) is 0. The smallest absolute Gasteiger partial charge is 0.305 e. The first-order valence-electron chi connectivity index (χ1n) is 24.6. The molecule has 2 nitrogen and oxygen atoms in total. The first-order chi connectivity index (χ1) is 25.8. The van der Waals surface area contributed by atoms with Crippen molar-refractivity contribution in [3.05, 3.63) is 12.2 Å². The van der Waals surface area contributed by atoms with Crippen LogP contribution >= 0.6 is 0 Å². The van der Waals surface area contributed by atoms with Gasteiger partial charge in [0.15, 0.2) is 0 Å². The van der Waals surface area contributed by atoms with Crippen molar-refractivity contribution in [1.29, 1.82) is 0 Å². The Labute approximate surface area is 329 Å². The molecule has 0 spiro atoms. The molecule has 0 atom stereocenters. The van der Waals surface area contributed by atoms with Crippen molar-refractivity contribution in [3.8, 4) is 0 Å². The third-order valence-corrected chi connectivity index (χ3v) is 11.4. The van der Waals surface area contributed by atoms with Crippen molar-refractivity contribution in [2.45, 2.75) is 296 Å². The maximum atomic E-state index is 12.0. The summed E-state index contributed by atoms with van der Waals surface area (Å²) in [6, 6.07) is 0. The summed E-state index contributed by atoms with van der Waals surface area (Å²) in [4.78, 5) is 12.0. The molecule has 0 aliphatic rings. The highest BCUT2D eigenvalue weighted by Gasteiger charge is 2.03. The van der Waals surface area contributed by atoms with Gasteiger partial charge in [-0.05, 0) is 38.5 Å². The number of hydrogen-bond donors (Lipinski definition) is 0. The average molecular weight is 731 g/mol. The van der Waals surface area contributed by atoms with Crippen LogP contribution in [-0.4, -0.2) is 12.6 Å². The second-order valence-corrected chi connectivity index (χ2v) is 16.8. The van der Waals surface area contributed by atoms with Crippen molar-refractivity contribution in [2.75, 3.05) is 6.61 Å². The monoisotopic (exact) mass is 731 g/mol. The minimum absolute atomic E-state index is 0.0257. The molecular formula is C50H98O2. The molecule has 0 amide bonds. The molecule has 0 saturated heterocycles. The van der Waals surface area contributed by atoms with E-state index in [1.165, 1.54) is 263 Å². The molecule has 0 aliphatic carbocycles. The quantitative estimate of drug-likeness (QED) is 0.0354. The molecular weight excluding hydrogens is 633 g/mol. The van der Waals surface area contributed by atoms with Crippen molar-refractivity contribution in [3.63, 3.8) is 0 Å². The van der Waals surface area contributed by atoms with Crippen LogP contribution in [0.3, 0.4) is 0 Å². The highest BCUT2D eigenvalue weighted by atomic mass is 16.5. The van der Waals surface area contributed by atoms with Gasteiger partial charge in [0.1, 0.15) is 0 Å². The summed E-state index contributed by atoms with van der Waals surface area (Å²) >= 11 is 0. The predicted molar refractivity (Wildman–Crippen MR) is 235 cm³/mol. The minimum Gasteiger partial charge on any atom is -0.466 e. The van der Waals surface area contributed by atoms with Gasteiger partial charge in [0, 0.05) is 6.42 Å². The predicted octanol–water partition coefficient (Wildman–Crippen LogP) is 18.3. The lowest BCUT2D eigenvalue weighted by molar-refractivity contribution is -0.143. The summed E-state index contributed by atoms with van der Waals surface area (Å²) in [6.45, 7) is 5.22. The topological polar surface area (TPSA) is 26.3 Å². The number of carbonyl (C=O) groups is 1. The Morgan fingerprint density at radius 1 is 0.308 bits per heavy atom. The summed E-state index contributed by atoms with van der Waals surface area (Å²) in [7, 11) is 0. The van der Waals surface area contributed by atoms with E-state index in [0.717, 1.165) is 12.8 Å². The van der Waals surface area contributed by atoms with Crippen LogP contribution in [0.2, 0.25) is 0 Å². The zero-order valence-corrected chi connectivity index (χ0v) is 36.3. The first-order valence-corrected chi connectivity index (χ1v) is 24.6. The number of hydrogen-bond acceptors (Lipinski definition) is 2. The molecule has 0 rings (SSSR count). The van der Waals surface area contributed by atoms with Crippen LogP contribution in [0.4, 0.5) is 0 Å². The lowest BCUT2D eigenvalue weighted by atomic mass is 10.0. The standard InChI is InChI=1S/C50H98O2/c1-3-5-7-9-11-13-15-17-19-21-22-23-24-25-26-27-28-29-30-31-33-35-37-39-41-43-45-47-49-52-50(51)48-46-44-42-40-38-36-34-32-20-18-16-14-12-10-8-6-4-2/h18,20H,3-17,19,21-49H2,1-2H3. The van der Waals surface area contributed by atoms with Crippen LogP contribution in [0.15, 0.2) is 12.2 Å². The number of unbranched alkanes of at least 4 members (excludes halogenated alkanes) is 40. The molecule has 0 aromatic rings. The van der Waals surface area contributed by atoms with Crippen molar-refractivity contribution in [2.24, 2.45) is 0 Å². The van der Waals surface area contributed by atoms with Crippen molar-refractivity contribution < 1.29 is 9.53 Å². The SMILES string of the molecule is CCCCCCCCC=CCCCCCCCCCC(=O)OCCCCCCCCCCCCCCCCCCCCCCCCCCCCCC. The molecule has 0 unspecified atom stereocenters. The Kier molecular flexibility index (Phi) is 47.5. The Bertz CT molecular complexity index is 669. The zero-order chi connectivity index (χ0) is 37.5. The number of allylic oxidation sites excluding steroid dienone is 2. The average Bonchev–Trinajstić information content (AvgIpc) is 3.15.